The van der Waals surface area contributed by atoms with Crippen LogP contribution in [0.4, 0.5) is 0 Å². The Morgan fingerprint density at radius 3 is 2.54 bits per heavy atom. The predicted octanol–water partition coefficient (Wildman–Crippen LogP) is 0.650. The first kappa shape index (κ1) is 10.6. The molecule has 0 amide bonds. The second-order valence-electron chi connectivity index (χ2n) is 3.14. The molecule has 0 fully saturated rings. The highest BCUT2D eigenvalue weighted by atomic mass is 32.2. The van der Waals surface area contributed by atoms with E-state index in [1.54, 1.807) is 13.8 Å². The number of hydrogen-bond donors (Lipinski definition) is 3. The van der Waals surface area contributed by atoms with Crippen LogP contribution in [0.2, 0.25) is 0 Å². The molecule has 1 heterocycles. The number of rotatable bonds is 2. The molecule has 0 aliphatic heterocycles. The molecule has 1 rings (SSSR count). The largest absolute Gasteiger partial charge is 0.383 e. The van der Waals surface area contributed by atoms with Gasteiger partial charge in [0, 0.05) is 0 Å². The lowest BCUT2D eigenvalue weighted by Crippen LogP contribution is -2.14. The van der Waals surface area contributed by atoms with Gasteiger partial charge in [0.05, 0.1) is 6.20 Å². The number of nitrogens with zero attached hydrogens (tertiary/aromatic N) is 1. The Morgan fingerprint density at radius 2 is 2.31 bits per heavy atom. The molecule has 13 heavy (non-hydrogen) atoms. The second kappa shape index (κ2) is 3.02. The molecule has 1 aromatic rings. The van der Waals surface area contributed by atoms with Crippen molar-refractivity contribution in [3.8, 4) is 0 Å². The van der Waals surface area contributed by atoms with Crippen molar-refractivity contribution in [2.45, 2.75) is 23.7 Å². The van der Waals surface area contributed by atoms with E-state index in [-0.39, 0.29) is 4.21 Å². The molecule has 5 nitrogen and oxygen atoms in total. The standard InChI is InChI=1S/C6H11N3O2S2/c1-6(2,10)5-9-3-4(12-5)13(7,8)11/h3,10H,1-2H3,(H3,7,8,11). The van der Waals surface area contributed by atoms with E-state index in [4.69, 9.17) is 9.92 Å². The zero-order chi connectivity index (χ0) is 10.3. The smallest absolute Gasteiger partial charge is 0.143 e. The molecule has 0 saturated heterocycles. The van der Waals surface area contributed by atoms with Crippen molar-refractivity contribution in [2.24, 2.45) is 5.14 Å². The first-order valence-corrected chi connectivity index (χ1v) is 5.90. The molecule has 74 valence electrons. The van der Waals surface area contributed by atoms with Gasteiger partial charge >= 0.3 is 0 Å². The molecule has 7 heteroatoms. The molecule has 1 atom stereocenters. The average molecular weight is 221 g/mol. The third kappa shape index (κ3) is 2.47. The van der Waals surface area contributed by atoms with E-state index < -0.39 is 15.5 Å². The quantitative estimate of drug-likeness (QED) is 0.683. The summed E-state index contributed by atoms with van der Waals surface area (Å²) < 4.78 is 18.3. The molecule has 0 aliphatic carbocycles. The summed E-state index contributed by atoms with van der Waals surface area (Å²) in [5.41, 5.74) is -1.08. The number of aromatic nitrogens is 1. The Balaban J connectivity index is 3.16. The van der Waals surface area contributed by atoms with Gasteiger partial charge in [-0.15, -0.1) is 11.3 Å². The lowest BCUT2D eigenvalue weighted by atomic mass is 10.2. The summed E-state index contributed by atoms with van der Waals surface area (Å²) in [6.07, 6.45) is 1.27. The molecule has 1 aromatic heterocycles. The third-order valence-corrected chi connectivity index (χ3v) is 4.11. The number of thiazole rings is 1. The number of aliphatic hydroxyl groups is 1. The fraction of sp³-hybridized carbons (Fsp3) is 0.500. The average Bonchev–Trinajstić information content (AvgIpc) is 2.28. The van der Waals surface area contributed by atoms with Gasteiger partial charge in [-0.25, -0.2) is 19.1 Å². The lowest BCUT2D eigenvalue weighted by Gasteiger charge is -2.12. The topological polar surface area (TPSA) is 100 Å². The van der Waals surface area contributed by atoms with Gasteiger partial charge in [0.1, 0.15) is 24.7 Å². The molecular weight excluding hydrogens is 210 g/mol. The summed E-state index contributed by atoms with van der Waals surface area (Å²) in [6.45, 7) is 3.13. The summed E-state index contributed by atoms with van der Waals surface area (Å²) in [4.78, 5) is 3.84. The van der Waals surface area contributed by atoms with Gasteiger partial charge in [0.2, 0.25) is 0 Å². The van der Waals surface area contributed by atoms with Crippen LogP contribution in [0.25, 0.3) is 0 Å². The van der Waals surface area contributed by atoms with E-state index in [1.807, 2.05) is 0 Å². The van der Waals surface area contributed by atoms with Crippen LogP contribution < -0.4 is 5.14 Å². The summed E-state index contributed by atoms with van der Waals surface area (Å²) in [5, 5.41) is 15.0. The molecule has 0 saturated carbocycles. The number of nitrogens with one attached hydrogen (secondary N) is 1. The first-order valence-electron chi connectivity index (χ1n) is 3.46. The lowest BCUT2D eigenvalue weighted by molar-refractivity contribution is 0.0783. The highest BCUT2D eigenvalue weighted by Crippen LogP contribution is 2.26. The monoisotopic (exact) mass is 221 g/mol. The zero-order valence-electron chi connectivity index (χ0n) is 7.27. The van der Waals surface area contributed by atoms with Crippen molar-refractivity contribution in [3.05, 3.63) is 11.2 Å². The van der Waals surface area contributed by atoms with Gasteiger partial charge in [-0.05, 0) is 13.8 Å². The van der Waals surface area contributed by atoms with Crippen LogP contribution in [0.1, 0.15) is 18.9 Å². The summed E-state index contributed by atoms with van der Waals surface area (Å²) >= 11 is 0.998. The Hall–Kier alpha value is -0.500. The number of hydrogen-bond acceptors (Lipinski definition) is 5. The molecule has 0 aromatic carbocycles. The molecule has 0 aliphatic rings. The Morgan fingerprint density at radius 1 is 1.77 bits per heavy atom. The van der Waals surface area contributed by atoms with E-state index in [2.05, 4.69) is 4.98 Å². The van der Waals surface area contributed by atoms with Gasteiger partial charge in [0.25, 0.3) is 0 Å². The summed E-state index contributed by atoms with van der Waals surface area (Å²) in [6, 6.07) is 0. The van der Waals surface area contributed by atoms with Crippen LogP contribution in [0.3, 0.4) is 0 Å². The Bertz CT molecular complexity index is 402. The highest BCUT2D eigenvalue weighted by molar-refractivity contribution is 7.92. The summed E-state index contributed by atoms with van der Waals surface area (Å²) in [5.74, 6) is 0. The molecule has 0 spiro atoms. The van der Waals surface area contributed by atoms with E-state index in [9.17, 15) is 9.32 Å². The van der Waals surface area contributed by atoms with E-state index in [0.29, 0.717) is 5.01 Å². The van der Waals surface area contributed by atoms with Gasteiger partial charge in [-0.2, -0.15) is 0 Å². The van der Waals surface area contributed by atoms with Crippen molar-refractivity contribution in [1.29, 1.82) is 4.78 Å². The predicted molar refractivity (Wildman–Crippen MR) is 50.7 cm³/mol. The third-order valence-electron chi connectivity index (χ3n) is 1.31. The van der Waals surface area contributed by atoms with Crippen LogP contribution in [-0.4, -0.2) is 14.3 Å². The maximum Gasteiger partial charge on any atom is 0.143 e. The Kier molecular flexibility index (Phi) is 2.46. The maximum atomic E-state index is 11.1. The molecule has 1 unspecified atom stereocenters. The first-order chi connectivity index (χ1) is 5.71. The van der Waals surface area contributed by atoms with E-state index in [0.717, 1.165) is 11.3 Å². The SMILES string of the molecule is CC(C)(O)c1ncc(S(=N)(N)=O)s1. The summed E-state index contributed by atoms with van der Waals surface area (Å²) in [7, 11) is -3.20. The molecular formula is C6H11N3O2S2. The fourth-order valence-corrected chi connectivity index (χ4v) is 2.27. The van der Waals surface area contributed by atoms with Crippen molar-refractivity contribution < 1.29 is 9.32 Å². The highest BCUT2D eigenvalue weighted by Gasteiger charge is 2.22. The van der Waals surface area contributed by atoms with Crippen LogP contribution in [0.15, 0.2) is 10.4 Å². The minimum absolute atomic E-state index is 0.185. The minimum Gasteiger partial charge on any atom is -0.383 e. The molecule has 4 N–H and O–H groups in total. The normalized spacial score (nSPS) is 16.9. The van der Waals surface area contributed by atoms with Gasteiger partial charge in [-0.3, -0.25) is 0 Å². The van der Waals surface area contributed by atoms with E-state index >= 15 is 0 Å². The number of nitrogens with two attached hydrogens (primary N) is 1. The van der Waals surface area contributed by atoms with E-state index in [1.165, 1.54) is 6.20 Å². The van der Waals surface area contributed by atoms with Crippen molar-refractivity contribution in [1.82, 2.24) is 4.98 Å². The van der Waals surface area contributed by atoms with Gasteiger partial charge in [-0.1, -0.05) is 0 Å². The fourth-order valence-electron chi connectivity index (χ4n) is 0.682. The second-order valence-corrected chi connectivity index (χ2v) is 6.07. The van der Waals surface area contributed by atoms with Crippen molar-refractivity contribution in [2.75, 3.05) is 0 Å². The maximum absolute atomic E-state index is 11.1. The van der Waals surface area contributed by atoms with Crippen LogP contribution in [-0.2, 0) is 15.5 Å². The zero-order valence-corrected chi connectivity index (χ0v) is 8.91. The molecule has 0 radical (unpaired) electrons. The van der Waals surface area contributed by atoms with Crippen molar-refractivity contribution >= 4 is 21.3 Å². The van der Waals surface area contributed by atoms with Crippen molar-refractivity contribution in [3.63, 3.8) is 0 Å². The van der Waals surface area contributed by atoms with Gasteiger partial charge in [0.15, 0.2) is 0 Å². The van der Waals surface area contributed by atoms with Crippen LogP contribution >= 0.6 is 11.3 Å². The van der Waals surface area contributed by atoms with Crippen LogP contribution in [0, 0.1) is 4.78 Å². The van der Waals surface area contributed by atoms with Gasteiger partial charge < -0.3 is 5.11 Å². The van der Waals surface area contributed by atoms with Crippen LogP contribution in [0.5, 0.6) is 0 Å². The minimum atomic E-state index is -3.20. The Labute approximate surface area is 80.7 Å². The molecule has 0 bridgehead atoms.